The van der Waals surface area contributed by atoms with Crippen LogP contribution in [-0.2, 0) is 13.0 Å². The molecule has 2 N–H and O–H groups in total. The number of fused-ring (bicyclic) bond motifs is 1. The van der Waals surface area contributed by atoms with Crippen molar-refractivity contribution in [3.63, 3.8) is 0 Å². The Hall–Kier alpha value is -2.67. The molecule has 0 aliphatic heterocycles. The maximum atomic E-state index is 11.3. The smallest absolute Gasteiger partial charge is 0.372 e. The van der Waals surface area contributed by atoms with Crippen molar-refractivity contribution < 1.29 is 18.8 Å². The van der Waals surface area contributed by atoms with E-state index in [0.717, 1.165) is 5.39 Å². The maximum Gasteiger partial charge on any atom is 0.372 e. The molecule has 108 valence electrons. The number of carboxylic acids is 1. The fourth-order valence-electron chi connectivity index (χ4n) is 2.16. The Labute approximate surface area is 119 Å². The van der Waals surface area contributed by atoms with Gasteiger partial charge in [-0.2, -0.15) is 4.98 Å². The molecule has 0 saturated carbocycles. The second-order valence-corrected chi connectivity index (χ2v) is 4.47. The Morgan fingerprint density at radius 3 is 2.95 bits per heavy atom. The molecule has 3 aromatic rings. The van der Waals surface area contributed by atoms with E-state index in [4.69, 9.17) is 8.94 Å². The Balaban J connectivity index is 1.73. The first-order valence-electron chi connectivity index (χ1n) is 6.45. The van der Waals surface area contributed by atoms with Gasteiger partial charge in [0.15, 0.2) is 6.33 Å². The van der Waals surface area contributed by atoms with Crippen molar-refractivity contribution in [1.82, 2.24) is 15.5 Å². The maximum absolute atomic E-state index is 11.3. The van der Waals surface area contributed by atoms with Crippen molar-refractivity contribution in [3.05, 3.63) is 47.8 Å². The Kier molecular flexibility index (Phi) is 3.65. The second-order valence-electron chi connectivity index (χ2n) is 4.47. The van der Waals surface area contributed by atoms with Gasteiger partial charge in [0.2, 0.25) is 11.7 Å². The highest BCUT2D eigenvalue weighted by Crippen LogP contribution is 2.25. The van der Waals surface area contributed by atoms with Crippen LogP contribution in [-0.4, -0.2) is 27.8 Å². The zero-order chi connectivity index (χ0) is 14.7. The summed E-state index contributed by atoms with van der Waals surface area (Å²) in [7, 11) is 0. The molecule has 21 heavy (non-hydrogen) atoms. The molecule has 0 saturated heterocycles. The van der Waals surface area contributed by atoms with Crippen LogP contribution in [0.3, 0.4) is 0 Å². The number of carboxylic acid groups (broad SMARTS) is 1. The number of nitrogens with zero attached hydrogens (tertiary/aromatic N) is 2. The summed E-state index contributed by atoms with van der Waals surface area (Å²) >= 11 is 0. The van der Waals surface area contributed by atoms with Crippen molar-refractivity contribution in [1.29, 1.82) is 0 Å². The summed E-state index contributed by atoms with van der Waals surface area (Å²) in [5.74, 6) is -0.556. The largest absolute Gasteiger partial charge is 0.475 e. The van der Waals surface area contributed by atoms with Gasteiger partial charge in [-0.3, -0.25) is 0 Å². The molecule has 0 fully saturated rings. The van der Waals surface area contributed by atoms with Gasteiger partial charge in [0, 0.05) is 30.5 Å². The standard InChI is InChI=1S/C14H13N3O4/c18-14(19)13-10(9-3-1-2-4-11(9)20-13)7-15-6-5-12-16-8-17-21-12/h1-4,8,15H,5-7H2,(H,18,19). The topological polar surface area (TPSA) is 101 Å². The van der Waals surface area contributed by atoms with Crippen LogP contribution in [0.5, 0.6) is 0 Å². The number of hydrogen-bond acceptors (Lipinski definition) is 6. The van der Waals surface area contributed by atoms with E-state index in [1.54, 1.807) is 6.07 Å². The molecule has 7 heteroatoms. The fourth-order valence-corrected chi connectivity index (χ4v) is 2.16. The van der Waals surface area contributed by atoms with Crippen molar-refractivity contribution in [2.75, 3.05) is 6.54 Å². The lowest BCUT2D eigenvalue weighted by Crippen LogP contribution is -2.18. The summed E-state index contributed by atoms with van der Waals surface area (Å²) in [5.41, 5.74) is 1.22. The van der Waals surface area contributed by atoms with Crippen LogP contribution < -0.4 is 5.32 Å². The van der Waals surface area contributed by atoms with Crippen LogP contribution in [0, 0.1) is 0 Å². The van der Waals surface area contributed by atoms with Gasteiger partial charge in [0.1, 0.15) is 5.58 Å². The summed E-state index contributed by atoms with van der Waals surface area (Å²) in [6.45, 7) is 0.994. The highest BCUT2D eigenvalue weighted by atomic mass is 16.5. The van der Waals surface area contributed by atoms with E-state index in [2.05, 4.69) is 15.5 Å². The van der Waals surface area contributed by atoms with Gasteiger partial charge < -0.3 is 19.4 Å². The Morgan fingerprint density at radius 1 is 1.33 bits per heavy atom. The number of para-hydroxylation sites is 1. The molecule has 0 aliphatic rings. The molecular weight excluding hydrogens is 274 g/mol. The number of aromatic carboxylic acids is 1. The van der Waals surface area contributed by atoms with Gasteiger partial charge in [-0.15, -0.1) is 0 Å². The average Bonchev–Trinajstić information content (AvgIpc) is 3.11. The van der Waals surface area contributed by atoms with Gasteiger partial charge in [0.25, 0.3) is 0 Å². The lowest BCUT2D eigenvalue weighted by Gasteiger charge is -2.02. The molecule has 2 heterocycles. The first kappa shape index (κ1) is 13.3. The molecule has 7 nitrogen and oxygen atoms in total. The summed E-state index contributed by atoms with van der Waals surface area (Å²) in [6, 6.07) is 7.26. The van der Waals surface area contributed by atoms with E-state index in [1.165, 1.54) is 6.33 Å². The van der Waals surface area contributed by atoms with Gasteiger partial charge in [0.05, 0.1) is 0 Å². The lowest BCUT2D eigenvalue weighted by molar-refractivity contribution is 0.0663. The number of hydrogen-bond donors (Lipinski definition) is 2. The van der Waals surface area contributed by atoms with E-state index in [-0.39, 0.29) is 5.76 Å². The average molecular weight is 287 g/mol. The molecular formula is C14H13N3O4. The SMILES string of the molecule is O=C(O)c1oc2ccccc2c1CNCCc1ncno1. The molecule has 2 aromatic heterocycles. The first-order valence-corrected chi connectivity index (χ1v) is 6.45. The van der Waals surface area contributed by atoms with E-state index in [9.17, 15) is 9.90 Å². The van der Waals surface area contributed by atoms with Gasteiger partial charge >= 0.3 is 5.97 Å². The summed E-state index contributed by atoms with van der Waals surface area (Å²) in [4.78, 5) is 15.2. The Morgan fingerprint density at radius 2 is 2.19 bits per heavy atom. The monoisotopic (exact) mass is 287 g/mol. The number of benzene rings is 1. The highest BCUT2D eigenvalue weighted by molar-refractivity contribution is 5.95. The van der Waals surface area contributed by atoms with Crippen LogP contribution in [0.25, 0.3) is 11.0 Å². The Bertz CT molecular complexity index is 749. The third-order valence-corrected chi connectivity index (χ3v) is 3.12. The third-order valence-electron chi connectivity index (χ3n) is 3.12. The minimum atomic E-state index is -1.07. The predicted molar refractivity (Wildman–Crippen MR) is 72.9 cm³/mol. The van der Waals surface area contributed by atoms with E-state index < -0.39 is 5.97 Å². The number of carbonyl (C=O) groups is 1. The quantitative estimate of drug-likeness (QED) is 0.667. The fraction of sp³-hybridized carbons (Fsp3) is 0.214. The minimum Gasteiger partial charge on any atom is -0.475 e. The molecule has 1 aromatic carbocycles. The first-order chi connectivity index (χ1) is 10.3. The van der Waals surface area contributed by atoms with E-state index in [1.807, 2.05) is 18.2 Å². The minimum absolute atomic E-state index is 0.0264. The number of nitrogens with one attached hydrogen (secondary N) is 1. The molecule has 3 rings (SSSR count). The van der Waals surface area contributed by atoms with Crippen molar-refractivity contribution in [2.24, 2.45) is 0 Å². The molecule has 0 spiro atoms. The number of rotatable bonds is 6. The molecule has 0 unspecified atom stereocenters. The zero-order valence-electron chi connectivity index (χ0n) is 11.1. The molecule has 0 radical (unpaired) electrons. The van der Waals surface area contributed by atoms with Crippen LogP contribution in [0.4, 0.5) is 0 Å². The summed E-state index contributed by atoms with van der Waals surface area (Å²) in [5, 5.41) is 16.7. The lowest BCUT2D eigenvalue weighted by atomic mass is 10.1. The van der Waals surface area contributed by atoms with Crippen LogP contribution in [0.15, 0.2) is 39.5 Å². The summed E-state index contributed by atoms with van der Waals surface area (Å²) in [6.07, 6.45) is 1.93. The predicted octanol–water partition coefficient (Wildman–Crippen LogP) is 1.85. The second kappa shape index (κ2) is 5.76. The van der Waals surface area contributed by atoms with E-state index >= 15 is 0 Å². The van der Waals surface area contributed by atoms with Gasteiger partial charge in [-0.1, -0.05) is 23.4 Å². The zero-order valence-corrected chi connectivity index (χ0v) is 11.1. The number of furan rings is 1. The highest BCUT2D eigenvalue weighted by Gasteiger charge is 2.19. The van der Waals surface area contributed by atoms with Crippen LogP contribution in [0.2, 0.25) is 0 Å². The molecule has 0 amide bonds. The van der Waals surface area contributed by atoms with Gasteiger partial charge in [-0.05, 0) is 6.07 Å². The van der Waals surface area contributed by atoms with Crippen molar-refractivity contribution in [2.45, 2.75) is 13.0 Å². The van der Waals surface area contributed by atoms with Crippen LogP contribution in [0.1, 0.15) is 22.0 Å². The molecule has 0 aliphatic carbocycles. The molecule has 0 atom stereocenters. The van der Waals surface area contributed by atoms with Crippen molar-refractivity contribution >= 4 is 16.9 Å². The van der Waals surface area contributed by atoms with E-state index in [0.29, 0.717) is 36.5 Å². The normalized spacial score (nSPS) is 11.0. The molecule has 0 bridgehead atoms. The number of aromatic nitrogens is 2. The van der Waals surface area contributed by atoms with Crippen LogP contribution >= 0.6 is 0 Å². The van der Waals surface area contributed by atoms with Gasteiger partial charge in [-0.25, -0.2) is 4.79 Å². The van der Waals surface area contributed by atoms with Crippen molar-refractivity contribution in [3.8, 4) is 0 Å². The third kappa shape index (κ3) is 2.77. The summed E-state index contributed by atoms with van der Waals surface area (Å²) < 4.78 is 10.3.